The Kier molecular flexibility index (Phi) is 4.00. The summed E-state index contributed by atoms with van der Waals surface area (Å²) in [4.78, 5) is 12.0. The summed E-state index contributed by atoms with van der Waals surface area (Å²) in [6, 6.07) is 0.362. The highest BCUT2D eigenvalue weighted by molar-refractivity contribution is 5.85. The van der Waals surface area contributed by atoms with Crippen molar-refractivity contribution in [2.75, 3.05) is 6.54 Å². The van der Waals surface area contributed by atoms with E-state index in [1.54, 1.807) is 0 Å². The third-order valence-electron chi connectivity index (χ3n) is 3.49. The van der Waals surface area contributed by atoms with Crippen molar-refractivity contribution >= 4 is 5.91 Å². The molecule has 0 aromatic carbocycles. The molecule has 1 rings (SSSR count). The van der Waals surface area contributed by atoms with Crippen molar-refractivity contribution in [3.05, 3.63) is 0 Å². The molecule has 0 aromatic heterocycles. The van der Waals surface area contributed by atoms with Crippen LogP contribution in [0.25, 0.3) is 0 Å². The Labute approximate surface area is 99.4 Å². The van der Waals surface area contributed by atoms with Crippen LogP contribution < -0.4 is 10.6 Å². The lowest BCUT2D eigenvalue weighted by Gasteiger charge is -2.27. The fourth-order valence-electron chi connectivity index (χ4n) is 2.45. The fraction of sp³-hybridized carbons (Fsp3) is 0.923. The molecule has 0 spiro atoms. The molecular formula is C13H26N2O. The number of likely N-dealkylation sites (N-methyl/N-ethyl adjacent to an activating group) is 1. The van der Waals surface area contributed by atoms with E-state index in [4.69, 9.17) is 0 Å². The molecule has 1 atom stereocenters. The van der Waals surface area contributed by atoms with Gasteiger partial charge in [0.2, 0.25) is 5.91 Å². The summed E-state index contributed by atoms with van der Waals surface area (Å²) in [5.41, 5.74) is -0.0677. The number of rotatable bonds is 4. The zero-order valence-corrected chi connectivity index (χ0v) is 11.3. The van der Waals surface area contributed by atoms with E-state index in [2.05, 4.69) is 24.5 Å². The van der Waals surface area contributed by atoms with Gasteiger partial charge in [-0.2, -0.15) is 0 Å². The Morgan fingerprint density at radius 1 is 1.44 bits per heavy atom. The third-order valence-corrected chi connectivity index (χ3v) is 3.49. The van der Waals surface area contributed by atoms with Crippen LogP contribution >= 0.6 is 0 Å². The molecule has 2 N–H and O–H groups in total. The number of amides is 1. The van der Waals surface area contributed by atoms with Gasteiger partial charge in [0.15, 0.2) is 0 Å². The molecule has 0 heterocycles. The minimum atomic E-state index is -0.457. The molecule has 0 aliphatic heterocycles. The average Bonchev–Trinajstić information content (AvgIpc) is 2.45. The third kappa shape index (κ3) is 3.48. The molecule has 3 nitrogen and oxygen atoms in total. The van der Waals surface area contributed by atoms with Gasteiger partial charge >= 0.3 is 0 Å². The molecule has 16 heavy (non-hydrogen) atoms. The van der Waals surface area contributed by atoms with Gasteiger partial charge < -0.3 is 10.6 Å². The van der Waals surface area contributed by atoms with Crippen LogP contribution in [-0.2, 0) is 4.79 Å². The van der Waals surface area contributed by atoms with Gasteiger partial charge in [-0.05, 0) is 45.1 Å². The van der Waals surface area contributed by atoms with E-state index in [9.17, 15) is 4.79 Å². The number of nitrogens with one attached hydrogen (secondary N) is 2. The molecule has 1 saturated carbocycles. The van der Waals surface area contributed by atoms with Crippen molar-refractivity contribution in [1.82, 2.24) is 10.6 Å². The van der Waals surface area contributed by atoms with Crippen LogP contribution in [0.1, 0.15) is 53.9 Å². The average molecular weight is 226 g/mol. The first-order valence-corrected chi connectivity index (χ1v) is 6.33. The van der Waals surface area contributed by atoms with Crippen molar-refractivity contribution in [1.29, 1.82) is 0 Å². The zero-order chi connectivity index (χ0) is 12.4. The van der Waals surface area contributed by atoms with Gasteiger partial charge in [0.05, 0.1) is 5.54 Å². The van der Waals surface area contributed by atoms with E-state index < -0.39 is 5.54 Å². The lowest BCUT2D eigenvalue weighted by molar-refractivity contribution is -0.127. The minimum Gasteiger partial charge on any atom is -0.352 e. The van der Waals surface area contributed by atoms with Crippen LogP contribution in [0.15, 0.2) is 0 Å². The Hall–Kier alpha value is -0.570. The summed E-state index contributed by atoms with van der Waals surface area (Å²) < 4.78 is 0. The molecule has 94 valence electrons. The molecule has 1 unspecified atom stereocenters. The highest BCUT2D eigenvalue weighted by Gasteiger charge is 2.34. The monoisotopic (exact) mass is 226 g/mol. The van der Waals surface area contributed by atoms with Crippen LogP contribution in [0.5, 0.6) is 0 Å². The topological polar surface area (TPSA) is 41.1 Å². The summed E-state index contributed by atoms with van der Waals surface area (Å²) in [6.07, 6.45) is 3.42. The van der Waals surface area contributed by atoms with Gasteiger partial charge in [-0.25, -0.2) is 0 Å². The molecule has 0 radical (unpaired) electrons. The van der Waals surface area contributed by atoms with E-state index >= 15 is 0 Å². The Morgan fingerprint density at radius 2 is 2.06 bits per heavy atom. The second-order valence-electron chi connectivity index (χ2n) is 6.23. The van der Waals surface area contributed by atoms with Gasteiger partial charge in [0.1, 0.15) is 0 Å². The summed E-state index contributed by atoms with van der Waals surface area (Å²) >= 11 is 0. The molecule has 0 saturated heterocycles. The van der Waals surface area contributed by atoms with Crippen LogP contribution in [0.4, 0.5) is 0 Å². The van der Waals surface area contributed by atoms with Gasteiger partial charge in [-0.15, -0.1) is 0 Å². The first kappa shape index (κ1) is 13.5. The van der Waals surface area contributed by atoms with Crippen LogP contribution in [-0.4, -0.2) is 24.0 Å². The number of carbonyl (C=O) groups is 1. The molecule has 0 aromatic rings. The standard InChI is InChI=1S/C13H26N2O/c1-6-14-13(4,5)11(16)15-10-7-8-12(2,3)9-10/h10,14H,6-9H2,1-5H3,(H,15,16). The van der Waals surface area contributed by atoms with E-state index in [1.807, 2.05) is 20.8 Å². The Morgan fingerprint density at radius 3 is 2.50 bits per heavy atom. The normalized spacial score (nSPS) is 24.4. The first-order valence-electron chi connectivity index (χ1n) is 6.33. The van der Waals surface area contributed by atoms with E-state index in [-0.39, 0.29) is 5.91 Å². The molecule has 3 heteroatoms. The fourth-order valence-corrected chi connectivity index (χ4v) is 2.45. The predicted octanol–water partition coefficient (Wildman–Crippen LogP) is 2.07. The second-order valence-corrected chi connectivity index (χ2v) is 6.23. The van der Waals surface area contributed by atoms with E-state index in [1.165, 1.54) is 6.42 Å². The summed E-state index contributed by atoms with van der Waals surface area (Å²) in [6.45, 7) is 11.3. The van der Waals surface area contributed by atoms with E-state index in [0.29, 0.717) is 11.5 Å². The van der Waals surface area contributed by atoms with Crippen LogP contribution in [0.3, 0.4) is 0 Å². The highest BCUT2D eigenvalue weighted by Crippen LogP contribution is 2.36. The molecule has 1 fully saturated rings. The maximum atomic E-state index is 12.0. The smallest absolute Gasteiger partial charge is 0.239 e. The zero-order valence-electron chi connectivity index (χ0n) is 11.3. The van der Waals surface area contributed by atoms with Gasteiger partial charge in [0, 0.05) is 6.04 Å². The highest BCUT2D eigenvalue weighted by atomic mass is 16.2. The minimum absolute atomic E-state index is 0.122. The Bertz CT molecular complexity index is 259. The molecule has 0 bridgehead atoms. The summed E-state index contributed by atoms with van der Waals surface area (Å²) in [5.74, 6) is 0.122. The number of carbonyl (C=O) groups excluding carboxylic acids is 1. The molecule has 1 aliphatic carbocycles. The van der Waals surface area contributed by atoms with Crippen molar-refractivity contribution in [3.8, 4) is 0 Å². The van der Waals surface area contributed by atoms with Crippen molar-refractivity contribution in [2.24, 2.45) is 5.41 Å². The van der Waals surface area contributed by atoms with Gasteiger partial charge in [-0.3, -0.25) is 4.79 Å². The predicted molar refractivity (Wildman–Crippen MR) is 67.3 cm³/mol. The van der Waals surface area contributed by atoms with Gasteiger partial charge in [0.25, 0.3) is 0 Å². The second kappa shape index (κ2) is 4.74. The van der Waals surface area contributed by atoms with Crippen LogP contribution in [0.2, 0.25) is 0 Å². The number of hydrogen-bond acceptors (Lipinski definition) is 2. The quantitative estimate of drug-likeness (QED) is 0.770. The molecular weight excluding hydrogens is 200 g/mol. The van der Waals surface area contributed by atoms with Crippen molar-refractivity contribution in [3.63, 3.8) is 0 Å². The van der Waals surface area contributed by atoms with Crippen molar-refractivity contribution in [2.45, 2.75) is 65.5 Å². The van der Waals surface area contributed by atoms with E-state index in [0.717, 1.165) is 19.4 Å². The maximum absolute atomic E-state index is 12.0. The largest absolute Gasteiger partial charge is 0.352 e. The summed E-state index contributed by atoms with van der Waals surface area (Å²) in [5, 5.41) is 6.36. The number of hydrogen-bond donors (Lipinski definition) is 2. The maximum Gasteiger partial charge on any atom is 0.239 e. The lowest BCUT2D eigenvalue weighted by Crippen LogP contribution is -2.54. The molecule has 1 aliphatic rings. The SMILES string of the molecule is CCNC(C)(C)C(=O)NC1CCC(C)(C)C1. The molecule has 1 amide bonds. The van der Waals surface area contributed by atoms with Crippen LogP contribution in [0, 0.1) is 5.41 Å². The van der Waals surface area contributed by atoms with Gasteiger partial charge in [-0.1, -0.05) is 20.8 Å². The lowest BCUT2D eigenvalue weighted by atomic mass is 9.91. The first-order chi connectivity index (χ1) is 7.27. The Balaban J connectivity index is 2.46. The summed E-state index contributed by atoms with van der Waals surface area (Å²) in [7, 11) is 0. The van der Waals surface area contributed by atoms with Crippen molar-refractivity contribution < 1.29 is 4.79 Å².